The van der Waals surface area contributed by atoms with Gasteiger partial charge in [0.25, 0.3) is 0 Å². The molecule has 1 N–H and O–H groups in total. The summed E-state index contributed by atoms with van der Waals surface area (Å²) in [6, 6.07) is 1.98. The summed E-state index contributed by atoms with van der Waals surface area (Å²) in [6.07, 6.45) is -1.33. The fraction of sp³-hybridized carbons (Fsp3) is 0.867. The number of methoxy groups -OCH3 is 1. The number of rotatable bonds is 5. The zero-order valence-electron chi connectivity index (χ0n) is 13.9. The first-order chi connectivity index (χ1) is 10.4. The van der Waals surface area contributed by atoms with Gasteiger partial charge in [-0.15, -0.1) is 0 Å². The highest BCUT2D eigenvalue weighted by molar-refractivity contribution is 6.73. The van der Waals surface area contributed by atoms with E-state index in [-0.39, 0.29) is 18.6 Å². The molecule has 0 aromatic heterocycles. The van der Waals surface area contributed by atoms with Gasteiger partial charge in [0.1, 0.15) is 11.9 Å². The summed E-state index contributed by atoms with van der Waals surface area (Å²) in [6.45, 7) is 6.36. The van der Waals surface area contributed by atoms with Crippen LogP contribution in [-0.4, -0.2) is 61.6 Å². The van der Waals surface area contributed by atoms with Crippen LogP contribution in [0.2, 0.25) is 18.1 Å². The van der Waals surface area contributed by atoms with Crippen LogP contribution in [-0.2, 0) is 14.0 Å². The lowest BCUT2D eigenvalue weighted by Gasteiger charge is -2.36. The first-order valence-corrected chi connectivity index (χ1v) is 10.7. The number of fused-ring (bicyclic) bond motifs is 2. The van der Waals surface area contributed by atoms with Crippen molar-refractivity contribution in [2.24, 2.45) is 0 Å². The quantitative estimate of drug-likeness (QED) is 0.780. The van der Waals surface area contributed by atoms with E-state index in [2.05, 4.69) is 20.8 Å². The third-order valence-electron chi connectivity index (χ3n) is 5.40. The summed E-state index contributed by atoms with van der Waals surface area (Å²) in [5.74, 6) is 0.0806. The Kier molecular flexibility index (Phi) is 5.29. The number of hydrogen-bond donors (Lipinski definition) is 1. The fourth-order valence-corrected chi connectivity index (χ4v) is 6.69. The van der Waals surface area contributed by atoms with Gasteiger partial charge in [0.2, 0.25) is 0 Å². The van der Waals surface area contributed by atoms with Crippen molar-refractivity contribution >= 4 is 20.2 Å². The van der Waals surface area contributed by atoms with Crippen LogP contribution in [0.3, 0.4) is 0 Å². The molecule has 7 heteroatoms. The molecule has 2 rings (SSSR count). The third-order valence-corrected chi connectivity index (χ3v) is 10.0. The second kappa shape index (κ2) is 6.68. The highest BCUT2D eigenvalue weighted by atomic mass is 28.4. The molecule has 0 spiro atoms. The molecule has 0 aliphatic carbocycles. The molecule has 0 aromatic rings. The van der Waals surface area contributed by atoms with Gasteiger partial charge < -0.3 is 14.3 Å². The highest BCUT2D eigenvalue weighted by Crippen LogP contribution is 2.39. The Morgan fingerprint density at radius 3 is 2.27 bits per heavy atom. The molecule has 0 aromatic carbocycles. The van der Waals surface area contributed by atoms with Gasteiger partial charge in [0.05, 0.1) is 25.3 Å². The normalized spacial score (nSPS) is 31.5. The number of ether oxygens (including phenoxy) is 1. The molecule has 6 nitrogen and oxygen atoms in total. The molecule has 2 heterocycles. The Morgan fingerprint density at radius 2 is 1.77 bits per heavy atom. The summed E-state index contributed by atoms with van der Waals surface area (Å²) in [4.78, 5) is 25.5. The van der Waals surface area contributed by atoms with E-state index >= 15 is 0 Å². The first-order valence-electron chi connectivity index (χ1n) is 8.16. The minimum Gasteiger partial charge on any atom is -0.453 e. The molecule has 4 atom stereocenters. The van der Waals surface area contributed by atoms with Crippen LogP contribution < -0.4 is 0 Å². The second-order valence-electron chi connectivity index (χ2n) is 6.28. The Balaban J connectivity index is 2.28. The van der Waals surface area contributed by atoms with Gasteiger partial charge in [-0.1, -0.05) is 20.8 Å². The maximum atomic E-state index is 12.0. The van der Waals surface area contributed by atoms with Crippen LogP contribution in [0.25, 0.3) is 0 Å². The van der Waals surface area contributed by atoms with Crippen LogP contribution in [0.5, 0.6) is 0 Å². The van der Waals surface area contributed by atoms with Gasteiger partial charge in [-0.3, -0.25) is 9.69 Å². The van der Waals surface area contributed by atoms with E-state index in [1.807, 2.05) is 0 Å². The minimum absolute atomic E-state index is 0.0806. The Hall–Kier alpha value is -0.923. The third kappa shape index (κ3) is 2.81. The van der Waals surface area contributed by atoms with Crippen molar-refractivity contribution in [2.75, 3.05) is 7.11 Å². The van der Waals surface area contributed by atoms with Crippen molar-refractivity contribution in [3.63, 3.8) is 0 Å². The first kappa shape index (κ1) is 17.4. The average Bonchev–Trinajstić information content (AvgIpc) is 2.70. The predicted molar refractivity (Wildman–Crippen MR) is 84.1 cm³/mol. The number of carbonyl (C=O) groups is 2. The van der Waals surface area contributed by atoms with Crippen LogP contribution in [0.4, 0.5) is 4.79 Å². The molecule has 2 saturated heterocycles. The van der Waals surface area contributed by atoms with E-state index in [9.17, 15) is 14.7 Å². The van der Waals surface area contributed by atoms with Crippen LogP contribution in [0.1, 0.15) is 33.6 Å². The van der Waals surface area contributed by atoms with E-state index in [0.29, 0.717) is 0 Å². The number of aliphatic hydroxyl groups excluding tert-OH is 1. The molecule has 0 unspecified atom stereocenters. The lowest BCUT2D eigenvalue weighted by atomic mass is 10.0. The lowest BCUT2D eigenvalue weighted by Crippen LogP contribution is -2.50. The smallest absolute Gasteiger partial charge is 0.410 e. The summed E-state index contributed by atoms with van der Waals surface area (Å²) in [5.41, 5.74) is 0. The van der Waals surface area contributed by atoms with Crippen molar-refractivity contribution in [3.8, 4) is 0 Å². The molecule has 2 aliphatic rings. The SMILES string of the molecule is CC[Si](CC)(CC)O[C@@H]1[C@H](O)[C@H]2CC(=O)C[C@@H]1N2C(=O)OC. The molecule has 126 valence electrons. The monoisotopic (exact) mass is 329 g/mol. The largest absolute Gasteiger partial charge is 0.453 e. The van der Waals surface area contributed by atoms with E-state index in [1.165, 1.54) is 12.0 Å². The summed E-state index contributed by atoms with van der Waals surface area (Å²) >= 11 is 0. The summed E-state index contributed by atoms with van der Waals surface area (Å²) < 4.78 is 11.3. The van der Waals surface area contributed by atoms with E-state index in [0.717, 1.165) is 18.1 Å². The van der Waals surface area contributed by atoms with E-state index < -0.39 is 38.7 Å². The van der Waals surface area contributed by atoms with Crippen LogP contribution >= 0.6 is 0 Å². The van der Waals surface area contributed by atoms with Crippen molar-refractivity contribution in [2.45, 2.75) is 76.0 Å². The Bertz CT molecular complexity index is 431. The fourth-order valence-electron chi connectivity index (χ4n) is 3.81. The topological polar surface area (TPSA) is 76.1 Å². The number of amides is 1. The molecule has 2 aliphatic heterocycles. The maximum Gasteiger partial charge on any atom is 0.410 e. The Labute approximate surface area is 132 Å². The number of piperidine rings is 1. The number of nitrogens with zero attached hydrogens (tertiary/aromatic N) is 1. The number of hydrogen-bond acceptors (Lipinski definition) is 5. The Morgan fingerprint density at radius 1 is 1.23 bits per heavy atom. The van der Waals surface area contributed by atoms with Gasteiger partial charge in [-0.25, -0.2) is 4.79 Å². The average molecular weight is 329 g/mol. The zero-order chi connectivity index (χ0) is 16.5. The number of carbonyl (C=O) groups excluding carboxylic acids is 2. The van der Waals surface area contributed by atoms with Gasteiger partial charge in [0.15, 0.2) is 8.32 Å². The van der Waals surface area contributed by atoms with Crippen LogP contribution in [0, 0.1) is 0 Å². The van der Waals surface area contributed by atoms with Crippen molar-refractivity contribution in [1.82, 2.24) is 4.90 Å². The number of ketones is 1. The molecule has 0 radical (unpaired) electrons. The van der Waals surface area contributed by atoms with Crippen molar-refractivity contribution in [1.29, 1.82) is 0 Å². The summed E-state index contributed by atoms with van der Waals surface area (Å²) in [5, 5.41) is 10.6. The molecule has 2 bridgehead atoms. The highest BCUT2D eigenvalue weighted by Gasteiger charge is 2.57. The predicted octanol–water partition coefficient (Wildman–Crippen LogP) is 1.92. The summed E-state index contributed by atoms with van der Waals surface area (Å²) in [7, 11) is -0.608. The molecule has 1 amide bonds. The van der Waals surface area contributed by atoms with E-state index in [1.54, 1.807) is 0 Å². The molecule has 2 fully saturated rings. The van der Waals surface area contributed by atoms with Gasteiger partial charge in [-0.2, -0.15) is 0 Å². The van der Waals surface area contributed by atoms with Gasteiger partial charge in [-0.05, 0) is 18.1 Å². The molecule has 0 saturated carbocycles. The second-order valence-corrected chi connectivity index (χ2v) is 11.0. The van der Waals surface area contributed by atoms with Gasteiger partial charge >= 0.3 is 6.09 Å². The van der Waals surface area contributed by atoms with Crippen molar-refractivity contribution in [3.05, 3.63) is 0 Å². The number of Topliss-reactive ketones (excluding diaryl/α,β-unsaturated/α-hetero) is 1. The van der Waals surface area contributed by atoms with Crippen LogP contribution in [0.15, 0.2) is 0 Å². The standard InChI is InChI=1S/C15H27NO5Si/c1-5-22(6-2,7-3)21-14-12-9-10(17)8-11(13(14)18)16(12)15(19)20-4/h11-14,18H,5-9H2,1-4H3/t11-,12+,13-,14+/m1/s1. The lowest BCUT2D eigenvalue weighted by molar-refractivity contribution is -0.123. The van der Waals surface area contributed by atoms with Gasteiger partial charge in [0, 0.05) is 12.8 Å². The number of aliphatic hydroxyl groups is 1. The van der Waals surface area contributed by atoms with Crippen molar-refractivity contribution < 1.29 is 23.9 Å². The maximum absolute atomic E-state index is 12.0. The molecular formula is C15H27NO5Si. The molecule has 22 heavy (non-hydrogen) atoms. The molecular weight excluding hydrogens is 302 g/mol. The van der Waals surface area contributed by atoms with E-state index in [4.69, 9.17) is 9.16 Å². The zero-order valence-corrected chi connectivity index (χ0v) is 14.9. The minimum atomic E-state index is -1.93.